The van der Waals surface area contributed by atoms with E-state index >= 15 is 0 Å². The molecular formula is C23H30N2O4. The van der Waals surface area contributed by atoms with E-state index < -0.39 is 5.97 Å². The fraction of sp³-hybridized carbons (Fsp3) is 0.522. The second kappa shape index (κ2) is 10.2. The number of allylic oxidation sites excluding steroid dienone is 1. The van der Waals surface area contributed by atoms with Gasteiger partial charge in [-0.15, -0.1) is 0 Å². The predicted molar refractivity (Wildman–Crippen MR) is 111 cm³/mol. The molecule has 0 radical (unpaired) electrons. The number of esters is 1. The molecule has 0 spiro atoms. The molecular weight excluding hydrogens is 368 g/mol. The topological polar surface area (TPSA) is 66.9 Å². The van der Waals surface area contributed by atoms with Gasteiger partial charge in [-0.1, -0.05) is 31.4 Å². The molecule has 29 heavy (non-hydrogen) atoms. The molecule has 2 amide bonds. The first-order chi connectivity index (χ1) is 14.0. The first kappa shape index (κ1) is 21.1. The number of hydrogen-bond acceptors (Lipinski definition) is 4. The van der Waals surface area contributed by atoms with Crippen molar-refractivity contribution in [2.45, 2.75) is 45.4 Å². The average Bonchev–Trinajstić information content (AvgIpc) is 2.98. The summed E-state index contributed by atoms with van der Waals surface area (Å²) in [5, 5.41) is 0. The van der Waals surface area contributed by atoms with Crippen molar-refractivity contribution in [1.82, 2.24) is 9.80 Å². The lowest BCUT2D eigenvalue weighted by Crippen LogP contribution is -2.36. The van der Waals surface area contributed by atoms with Crippen molar-refractivity contribution in [3.05, 3.63) is 42.0 Å². The van der Waals surface area contributed by atoms with Gasteiger partial charge in [0.05, 0.1) is 0 Å². The van der Waals surface area contributed by atoms with Crippen molar-refractivity contribution in [2.24, 2.45) is 5.92 Å². The van der Waals surface area contributed by atoms with E-state index in [9.17, 15) is 14.4 Å². The summed E-state index contributed by atoms with van der Waals surface area (Å²) >= 11 is 0. The zero-order chi connectivity index (χ0) is 20.6. The van der Waals surface area contributed by atoms with Crippen LogP contribution in [0.15, 0.2) is 36.4 Å². The number of ether oxygens (including phenoxy) is 1. The third-order valence-corrected chi connectivity index (χ3v) is 5.60. The van der Waals surface area contributed by atoms with Crippen molar-refractivity contribution in [3.8, 4) is 5.75 Å². The molecule has 1 aromatic rings. The number of carbonyl (C=O) groups is 3. The van der Waals surface area contributed by atoms with Crippen molar-refractivity contribution >= 4 is 17.8 Å². The van der Waals surface area contributed by atoms with Crippen LogP contribution in [0.4, 0.5) is 0 Å². The summed E-state index contributed by atoms with van der Waals surface area (Å²) in [6.07, 6.45) is 10.7. The largest absolute Gasteiger partial charge is 0.427 e. The molecule has 0 unspecified atom stereocenters. The maximum atomic E-state index is 12.9. The van der Waals surface area contributed by atoms with E-state index in [1.807, 2.05) is 4.90 Å². The summed E-state index contributed by atoms with van der Waals surface area (Å²) < 4.78 is 5.07. The van der Waals surface area contributed by atoms with Gasteiger partial charge >= 0.3 is 5.97 Å². The number of carbonyl (C=O) groups excluding carboxylic acids is 3. The van der Waals surface area contributed by atoms with Gasteiger partial charge < -0.3 is 14.5 Å². The Morgan fingerprint density at radius 1 is 0.966 bits per heavy atom. The molecule has 6 nitrogen and oxygen atoms in total. The predicted octanol–water partition coefficient (Wildman–Crippen LogP) is 3.42. The van der Waals surface area contributed by atoms with Crippen molar-refractivity contribution < 1.29 is 19.1 Å². The lowest BCUT2D eigenvalue weighted by molar-refractivity contribution is -0.132. The molecule has 1 saturated heterocycles. The highest BCUT2D eigenvalue weighted by atomic mass is 16.5. The molecule has 0 bridgehead atoms. The summed E-state index contributed by atoms with van der Waals surface area (Å²) in [5.41, 5.74) is 0.487. The molecule has 1 heterocycles. The maximum absolute atomic E-state index is 12.9. The van der Waals surface area contributed by atoms with Gasteiger partial charge in [0, 0.05) is 38.7 Å². The van der Waals surface area contributed by atoms with Crippen LogP contribution >= 0.6 is 0 Å². The van der Waals surface area contributed by atoms with Crippen LogP contribution in [-0.2, 0) is 9.59 Å². The molecule has 1 aliphatic heterocycles. The van der Waals surface area contributed by atoms with Gasteiger partial charge in [0.25, 0.3) is 5.91 Å². The SMILES string of the molecule is CC(=O)Oc1cccc(C(=O)N2CCCN(C(=O)/C=C/C3CCCCC3)CC2)c1. The molecule has 2 aliphatic rings. The van der Waals surface area contributed by atoms with Crippen LogP contribution in [0.5, 0.6) is 5.75 Å². The van der Waals surface area contributed by atoms with Gasteiger partial charge in [0.15, 0.2) is 0 Å². The van der Waals surface area contributed by atoms with Crippen molar-refractivity contribution in [3.63, 3.8) is 0 Å². The highest BCUT2D eigenvalue weighted by molar-refractivity contribution is 5.95. The normalized spacial score (nSPS) is 18.5. The number of nitrogens with zero attached hydrogens (tertiary/aromatic N) is 2. The molecule has 2 fully saturated rings. The highest BCUT2D eigenvalue weighted by Gasteiger charge is 2.22. The third kappa shape index (κ3) is 6.17. The van der Waals surface area contributed by atoms with Gasteiger partial charge in [0.1, 0.15) is 5.75 Å². The summed E-state index contributed by atoms with van der Waals surface area (Å²) in [5.74, 6) is 0.415. The summed E-state index contributed by atoms with van der Waals surface area (Å²) in [6.45, 7) is 3.62. The lowest BCUT2D eigenvalue weighted by Gasteiger charge is -2.22. The van der Waals surface area contributed by atoms with Gasteiger partial charge in [0.2, 0.25) is 5.91 Å². The Morgan fingerprint density at radius 2 is 1.69 bits per heavy atom. The summed E-state index contributed by atoms with van der Waals surface area (Å²) in [4.78, 5) is 40.2. The number of hydrogen-bond donors (Lipinski definition) is 0. The molecule has 0 aromatic heterocycles. The smallest absolute Gasteiger partial charge is 0.308 e. The molecule has 6 heteroatoms. The van der Waals surface area contributed by atoms with E-state index in [1.54, 1.807) is 35.2 Å². The first-order valence-electron chi connectivity index (χ1n) is 10.6. The second-order valence-corrected chi connectivity index (χ2v) is 7.85. The highest BCUT2D eigenvalue weighted by Crippen LogP contribution is 2.24. The van der Waals surface area contributed by atoms with Gasteiger partial charge in [-0.25, -0.2) is 0 Å². The number of benzene rings is 1. The molecule has 3 rings (SSSR count). The van der Waals surface area contributed by atoms with Crippen molar-refractivity contribution in [2.75, 3.05) is 26.2 Å². The third-order valence-electron chi connectivity index (χ3n) is 5.60. The van der Waals surface area contributed by atoms with Gasteiger partial charge in [-0.3, -0.25) is 14.4 Å². The number of rotatable bonds is 4. The minimum absolute atomic E-state index is 0.0433. The second-order valence-electron chi connectivity index (χ2n) is 7.85. The average molecular weight is 399 g/mol. The van der Waals surface area contributed by atoms with E-state index in [-0.39, 0.29) is 11.8 Å². The van der Waals surface area contributed by atoms with Crippen LogP contribution in [0.3, 0.4) is 0 Å². The van der Waals surface area contributed by atoms with E-state index in [1.165, 1.54) is 39.0 Å². The van der Waals surface area contributed by atoms with Gasteiger partial charge in [-0.2, -0.15) is 0 Å². The van der Waals surface area contributed by atoms with Crippen LogP contribution in [0.1, 0.15) is 55.8 Å². The minimum Gasteiger partial charge on any atom is -0.427 e. The molecule has 1 saturated carbocycles. The zero-order valence-corrected chi connectivity index (χ0v) is 17.1. The Morgan fingerprint density at radius 3 is 2.45 bits per heavy atom. The lowest BCUT2D eigenvalue weighted by atomic mass is 9.89. The Kier molecular flexibility index (Phi) is 7.44. The molecule has 1 aliphatic carbocycles. The number of amides is 2. The van der Waals surface area contributed by atoms with Crippen LogP contribution in [0.2, 0.25) is 0 Å². The molecule has 0 N–H and O–H groups in total. The van der Waals surface area contributed by atoms with Crippen LogP contribution in [0, 0.1) is 5.92 Å². The van der Waals surface area contributed by atoms with E-state index in [2.05, 4.69) is 6.08 Å². The monoisotopic (exact) mass is 398 g/mol. The first-order valence-corrected chi connectivity index (χ1v) is 10.6. The van der Waals surface area contributed by atoms with Crippen LogP contribution in [0.25, 0.3) is 0 Å². The van der Waals surface area contributed by atoms with E-state index in [4.69, 9.17) is 4.74 Å². The van der Waals surface area contributed by atoms with Crippen LogP contribution in [-0.4, -0.2) is 53.8 Å². The zero-order valence-electron chi connectivity index (χ0n) is 17.1. The Balaban J connectivity index is 1.56. The molecule has 156 valence electrons. The Bertz CT molecular complexity index is 768. The van der Waals surface area contributed by atoms with E-state index in [0.717, 1.165) is 6.42 Å². The molecule has 1 aromatic carbocycles. The maximum Gasteiger partial charge on any atom is 0.308 e. The summed E-state index contributed by atoms with van der Waals surface area (Å²) in [6, 6.07) is 6.66. The standard InChI is InChI=1S/C23H30N2O4/c1-18(26)29-21-10-5-9-20(17-21)23(28)25-14-6-13-24(15-16-25)22(27)12-11-19-7-3-2-4-8-19/h5,9-12,17,19H,2-4,6-8,13-16H2,1H3/b12-11+. The van der Waals surface area contributed by atoms with Crippen LogP contribution < -0.4 is 4.74 Å². The summed E-state index contributed by atoms with van der Waals surface area (Å²) in [7, 11) is 0. The fourth-order valence-corrected chi connectivity index (χ4v) is 4.03. The minimum atomic E-state index is -0.417. The van der Waals surface area contributed by atoms with Gasteiger partial charge in [-0.05, 0) is 49.5 Å². The Hall–Kier alpha value is -2.63. The Labute approximate surface area is 172 Å². The fourth-order valence-electron chi connectivity index (χ4n) is 4.03. The van der Waals surface area contributed by atoms with Crippen molar-refractivity contribution in [1.29, 1.82) is 0 Å². The van der Waals surface area contributed by atoms with E-state index in [0.29, 0.717) is 43.4 Å². The quantitative estimate of drug-likeness (QED) is 0.443. The molecule has 0 atom stereocenters.